The Morgan fingerprint density at radius 3 is 2.40 bits per heavy atom. The highest BCUT2D eigenvalue weighted by molar-refractivity contribution is 7.92. The molecule has 0 radical (unpaired) electrons. The van der Waals surface area contributed by atoms with Gasteiger partial charge in [-0.25, -0.2) is 8.42 Å². The lowest BCUT2D eigenvalue weighted by Gasteiger charge is -2.23. The summed E-state index contributed by atoms with van der Waals surface area (Å²) >= 11 is 0. The zero-order chi connectivity index (χ0) is 14.8. The Hall–Kier alpha value is -2.08. The van der Waals surface area contributed by atoms with Crippen LogP contribution in [0.1, 0.15) is 12.5 Å². The summed E-state index contributed by atoms with van der Waals surface area (Å²) in [4.78, 5) is 4.11. The lowest BCUT2D eigenvalue weighted by atomic mass is 10.2. The molecule has 0 aliphatic rings. The Morgan fingerprint density at radius 1 is 1.20 bits per heavy atom. The van der Waals surface area contributed by atoms with Crippen LogP contribution >= 0.6 is 0 Å². The van der Waals surface area contributed by atoms with Gasteiger partial charge < -0.3 is 5.73 Å². The van der Waals surface area contributed by atoms with Crippen LogP contribution in [0.4, 0.5) is 11.4 Å². The second-order valence-corrected chi connectivity index (χ2v) is 6.32. The first kappa shape index (κ1) is 14.3. The van der Waals surface area contributed by atoms with Crippen molar-refractivity contribution >= 4 is 21.4 Å². The predicted molar refractivity (Wildman–Crippen MR) is 80.0 cm³/mol. The number of nitrogens with zero attached hydrogens (tertiary/aromatic N) is 2. The van der Waals surface area contributed by atoms with Crippen molar-refractivity contribution in [1.82, 2.24) is 4.98 Å². The van der Waals surface area contributed by atoms with Crippen LogP contribution < -0.4 is 10.0 Å². The van der Waals surface area contributed by atoms with E-state index in [1.807, 2.05) is 6.92 Å². The molecule has 0 aliphatic heterocycles. The number of hydrogen-bond donors (Lipinski definition) is 1. The first-order valence-corrected chi connectivity index (χ1v) is 7.69. The van der Waals surface area contributed by atoms with Gasteiger partial charge in [-0.3, -0.25) is 9.29 Å². The number of benzene rings is 1. The predicted octanol–water partition coefficient (Wildman–Crippen LogP) is 2.19. The van der Waals surface area contributed by atoms with Crippen molar-refractivity contribution in [3.63, 3.8) is 0 Å². The van der Waals surface area contributed by atoms with Gasteiger partial charge in [-0.1, -0.05) is 0 Å². The number of nitrogens with two attached hydrogens (primary N) is 1. The summed E-state index contributed by atoms with van der Waals surface area (Å²) in [6.45, 7) is 3.94. The summed E-state index contributed by atoms with van der Waals surface area (Å²) in [5.41, 5.74) is 7.58. The summed E-state index contributed by atoms with van der Waals surface area (Å²) in [5.74, 6) is 0. The maximum atomic E-state index is 12.7. The lowest BCUT2D eigenvalue weighted by Crippen LogP contribution is -2.30. The molecule has 2 N–H and O–H groups in total. The molecule has 0 unspecified atom stereocenters. The van der Waals surface area contributed by atoms with Gasteiger partial charge in [0.1, 0.15) is 0 Å². The van der Waals surface area contributed by atoms with Crippen molar-refractivity contribution in [2.24, 2.45) is 0 Å². The van der Waals surface area contributed by atoms with Crippen molar-refractivity contribution in [3.8, 4) is 0 Å². The normalized spacial score (nSPS) is 11.3. The highest BCUT2D eigenvalue weighted by atomic mass is 32.2. The van der Waals surface area contributed by atoms with Gasteiger partial charge in [-0.05, 0) is 49.7 Å². The molecule has 0 spiro atoms. The third-order valence-corrected chi connectivity index (χ3v) is 4.78. The number of sulfonamides is 1. The van der Waals surface area contributed by atoms with Crippen LogP contribution in [0.3, 0.4) is 0 Å². The molecule has 0 bridgehead atoms. The van der Waals surface area contributed by atoms with E-state index in [4.69, 9.17) is 5.73 Å². The number of aryl methyl sites for hydroxylation is 1. The minimum absolute atomic E-state index is 0.202. The van der Waals surface area contributed by atoms with E-state index in [0.29, 0.717) is 17.9 Å². The first-order valence-electron chi connectivity index (χ1n) is 6.25. The van der Waals surface area contributed by atoms with Gasteiger partial charge in [0.25, 0.3) is 10.0 Å². The number of anilines is 2. The van der Waals surface area contributed by atoms with Gasteiger partial charge in [0, 0.05) is 24.6 Å². The highest BCUT2D eigenvalue weighted by Gasteiger charge is 2.23. The van der Waals surface area contributed by atoms with E-state index in [2.05, 4.69) is 4.98 Å². The fourth-order valence-corrected chi connectivity index (χ4v) is 3.67. The minimum atomic E-state index is -3.62. The molecule has 20 heavy (non-hydrogen) atoms. The smallest absolute Gasteiger partial charge is 0.264 e. The van der Waals surface area contributed by atoms with Gasteiger partial charge in [-0.2, -0.15) is 0 Å². The molecule has 0 saturated heterocycles. The maximum Gasteiger partial charge on any atom is 0.264 e. The van der Waals surface area contributed by atoms with Crippen LogP contribution in [0.15, 0.2) is 47.6 Å². The number of hydrogen-bond acceptors (Lipinski definition) is 4. The van der Waals surface area contributed by atoms with Crippen LogP contribution in [0.25, 0.3) is 0 Å². The van der Waals surface area contributed by atoms with E-state index >= 15 is 0 Å². The molecule has 1 heterocycles. The minimum Gasteiger partial charge on any atom is -0.399 e. The Bertz CT molecular complexity index is 679. The van der Waals surface area contributed by atoms with Crippen molar-refractivity contribution < 1.29 is 8.42 Å². The van der Waals surface area contributed by atoms with Crippen molar-refractivity contribution in [2.75, 3.05) is 16.6 Å². The molecule has 106 valence electrons. The third kappa shape index (κ3) is 2.75. The fourth-order valence-electron chi connectivity index (χ4n) is 2.05. The summed E-state index contributed by atoms with van der Waals surface area (Å²) < 4.78 is 26.8. The molecular weight excluding hydrogens is 274 g/mol. The van der Waals surface area contributed by atoms with Crippen LogP contribution in [0.5, 0.6) is 0 Å². The average Bonchev–Trinajstić information content (AvgIpc) is 2.39. The molecular formula is C14H17N3O2S. The molecule has 1 aromatic heterocycles. The number of rotatable bonds is 4. The maximum absolute atomic E-state index is 12.7. The lowest BCUT2D eigenvalue weighted by molar-refractivity contribution is 0.592. The van der Waals surface area contributed by atoms with Crippen LogP contribution in [-0.4, -0.2) is 19.9 Å². The molecule has 1 aromatic carbocycles. The summed E-state index contributed by atoms with van der Waals surface area (Å²) in [6, 6.07) is 8.17. The van der Waals surface area contributed by atoms with Crippen LogP contribution in [0, 0.1) is 6.92 Å². The Labute approximate surface area is 119 Å². The number of aromatic nitrogens is 1. The summed E-state index contributed by atoms with van der Waals surface area (Å²) in [5, 5.41) is 0. The Balaban J connectivity index is 2.52. The largest absolute Gasteiger partial charge is 0.399 e. The Morgan fingerprint density at radius 2 is 1.85 bits per heavy atom. The van der Waals surface area contributed by atoms with E-state index in [1.165, 1.54) is 10.4 Å². The molecule has 0 aliphatic carbocycles. The second-order valence-electron chi connectivity index (χ2n) is 4.45. The van der Waals surface area contributed by atoms with E-state index in [1.54, 1.807) is 43.6 Å². The van der Waals surface area contributed by atoms with Crippen molar-refractivity contribution in [2.45, 2.75) is 18.7 Å². The topological polar surface area (TPSA) is 76.3 Å². The average molecular weight is 291 g/mol. The van der Waals surface area contributed by atoms with Crippen LogP contribution in [0.2, 0.25) is 0 Å². The van der Waals surface area contributed by atoms with E-state index in [9.17, 15) is 8.42 Å². The van der Waals surface area contributed by atoms with Gasteiger partial charge in [-0.15, -0.1) is 0 Å². The summed E-state index contributed by atoms with van der Waals surface area (Å²) in [7, 11) is -3.62. The first-order chi connectivity index (χ1) is 9.45. The quantitative estimate of drug-likeness (QED) is 0.876. The zero-order valence-corrected chi connectivity index (χ0v) is 12.3. The summed E-state index contributed by atoms with van der Waals surface area (Å²) in [6.07, 6.45) is 3.14. The van der Waals surface area contributed by atoms with Gasteiger partial charge in [0.15, 0.2) is 0 Å². The molecule has 0 atom stereocenters. The molecule has 0 saturated carbocycles. The van der Waals surface area contributed by atoms with Crippen molar-refractivity contribution in [1.29, 1.82) is 0 Å². The van der Waals surface area contributed by atoms with E-state index < -0.39 is 10.0 Å². The van der Waals surface area contributed by atoms with Gasteiger partial charge in [0.05, 0.1) is 10.6 Å². The Kier molecular flexibility index (Phi) is 3.94. The molecule has 0 amide bonds. The fraction of sp³-hybridized carbons (Fsp3) is 0.214. The second kappa shape index (κ2) is 5.50. The van der Waals surface area contributed by atoms with E-state index in [-0.39, 0.29) is 4.90 Å². The van der Waals surface area contributed by atoms with Crippen molar-refractivity contribution in [3.05, 3.63) is 48.3 Å². The van der Waals surface area contributed by atoms with Gasteiger partial charge >= 0.3 is 0 Å². The SMILES string of the molecule is CCN(c1ccncc1)S(=O)(=O)c1cc(C)cc(N)c1. The van der Waals surface area contributed by atoms with E-state index in [0.717, 1.165) is 5.56 Å². The standard InChI is InChI=1S/C14H17N3O2S/c1-3-17(13-4-6-16-7-5-13)20(18,19)14-9-11(2)8-12(15)10-14/h4-10H,3,15H2,1-2H3. The third-order valence-electron chi connectivity index (χ3n) is 2.90. The molecule has 6 heteroatoms. The highest BCUT2D eigenvalue weighted by Crippen LogP contribution is 2.24. The molecule has 5 nitrogen and oxygen atoms in total. The number of nitrogen functional groups attached to an aromatic ring is 1. The molecule has 0 fully saturated rings. The molecule has 2 rings (SSSR count). The molecule has 2 aromatic rings. The zero-order valence-electron chi connectivity index (χ0n) is 11.4. The van der Waals surface area contributed by atoms with Gasteiger partial charge in [0.2, 0.25) is 0 Å². The monoisotopic (exact) mass is 291 g/mol. The van der Waals surface area contributed by atoms with Crippen LogP contribution in [-0.2, 0) is 10.0 Å². The number of pyridine rings is 1.